The predicted molar refractivity (Wildman–Crippen MR) is 90.4 cm³/mol. The molecule has 1 fully saturated rings. The van der Waals surface area contributed by atoms with Gasteiger partial charge in [-0.2, -0.15) is 5.26 Å². The number of nitrogens with one attached hydrogen (secondary N) is 1. The molecule has 2 aromatic carbocycles. The molecule has 0 bridgehead atoms. The number of hydrogen-bond acceptors (Lipinski definition) is 3. The second-order valence-corrected chi connectivity index (χ2v) is 6.87. The molecule has 2 aliphatic heterocycles. The van der Waals surface area contributed by atoms with Crippen molar-refractivity contribution in [3.8, 4) is 6.07 Å². The Morgan fingerprint density at radius 2 is 2.04 bits per heavy atom. The second-order valence-electron chi connectivity index (χ2n) is 6.43. The van der Waals surface area contributed by atoms with Crippen LogP contribution in [0.4, 0.5) is 5.69 Å². The molecule has 0 aromatic heterocycles. The van der Waals surface area contributed by atoms with Gasteiger partial charge in [0.2, 0.25) is 0 Å². The van der Waals surface area contributed by atoms with Crippen LogP contribution < -0.4 is 5.32 Å². The highest BCUT2D eigenvalue weighted by Crippen LogP contribution is 2.53. The van der Waals surface area contributed by atoms with Gasteiger partial charge < -0.3 is 10.1 Å². The maximum absolute atomic E-state index is 9.01. The Kier molecular flexibility index (Phi) is 3.33. The van der Waals surface area contributed by atoms with E-state index < -0.39 is 0 Å². The lowest BCUT2D eigenvalue weighted by Crippen LogP contribution is -2.44. The van der Waals surface area contributed by atoms with Gasteiger partial charge in [0.25, 0.3) is 0 Å². The van der Waals surface area contributed by atoms with E-state index in [4.69, 9.17) is 21.6 Å². The number of rotatable bonds is 1. The normalized spacial score (nSPS) is 28.4. The third-order valence-corrected chi connectivity index (χ3v) is 5.40. The molecule has 0 unspecified atom stereocenters. The summed E-state index contributed by atoms with van der Waals surface area (Å²) in [7, 11) is 0. The van der Waals surface area contributed by atoms with E-state index in [9.17, 15) is 0 Å². The molecule has 4 heteroatoms. The number of benzene rings is 2. The van der Waals surface area contributed by atoms with E-state index in [0.29, 0.717) is 11.5 Å². The molecule has 3 atom stereocenters. The summed E-state index contributed by atoms with van der Waals surface area (Å²) in [6, 6.07) is 16.0. The van der Waals surface area contributed by atoms with Crippen molar-refractivity contribution in [1.29, 1.82) is 5.26 Å². The summed E-state index contributed by atoms with van der Waals surface area (Å²) in [5.74, 6) is 0.335. The van der Waals surface area contributed by atoms with Gasteiger partial charge in [0, 0.05) is 28.8 Å². The Bertz CT molecular complexity index is 796. The van der Waals surface area contributed by atoms with Gasteiger partial charge in [0.1, 0.15) is 0 Å². The summed E-state index contributed by atoms with van der Waals surface area (Å²) in [5.41, 5.74) is 3.85. The first-order valence-corrected chi connectivity index (χ1v) is 8.19. The van der Waals surface area contributed by atoms with E-state index in [2.05, 4.69) is 18.3 Å². The van der Waals surface area contributed by atoms with E-state index in [1.54, 1.807) is 0 Å². The van der Waals surface area contributed by atoms with Crippen molar-refractivity contribution < 1.29 is 4.74 Å². The first-order chi connectivity index (χ1) is 11.1. The molecule has 2 heterocycles. The third-order valence-electron chi connectivity index (χ3n) is 5.16. The van der Waals surface area contributed by atoms with Crippen LogP contribution in [0, 0.1) is 17.2 Å². The summed E-state index contributed by atoms with van der Waals surface area (Å²) in [6.45, 7) is 2.98. The summed E-state index contributed by atoms with van der Waals surface area (Å²) in [5, 5.41) is 13.5. The number of ether oxygens (including phenoxy) is 1. The highest BCUT2D eigenvalue weighted by molar-refractivity contribution is 6.30. The van der Waals surface area contributed by atoms with Crippen molar-refractivity contribution in [3.63, 3.8) is 0 Å². The minimum Gasteiger partial charge on any atom is -0.375 e. The van der Waals surface area contributed by atoms with Crippen LogP contribution in [0.5, 0.6) is 0 Å². The van der Waals surface area contributed by atoms with Crippen molar-refractivity contribution in [2.45, 2.75) is 25.0 Å². The average molecular weight is 325 g/mol. The van der Waals surface area contributed by atoms with Crippen LogP contribution in [0.2, 0.25) is 5.02 Å². The Morgan fingerprint density at radius 1 is 1.26 bits per heavy atom. The van der Waals surface area contributed by atoms with E-state index in [0.717, 1.165) is 29.3 Å². The monoisotopic (exact) mass is 324 g/mol. The number of anilines is 1. The van der Waals surface area contributed by atoms with Crippen LogP contribution in [-0.2, 0) is 10.3 Å². The number of nitrogens with zero attached hydrogens (tertiary/aromatic N) is 1. The van der Waals surface area contributed by atoms with E-state index >= 15 is 0 Å². The molecule has 116 valence electrons. The lowest BCUT2D eigenvalue weighted by atomic mass is 9.71. The van der Waals surface area contributed by atoms with E-state index in [-0.39, 0.29) is 11.6 Å². The van der Waals surface area contributed by atoms with Gasteiger partial charge in [-0.25, -0.2) is 0 Å². The number of halogens is 1. The SMILES string of the molecule is C[C@]1(c2ccc(C#N)cc2)Nc2ccc(Cl)cc2[C@@H]2OCC[C@@H]21. The largest absolute Gasteiger partial charge is 0.375 e. The van der Waals surface area contributed by atoms with E-state index in [1.807, 2.05) is 42.5 Å². The fraction of sp³-hybridized carbons (Fsp3) is 0.316. The first kappa shape index (κ1) is 14.6. The fourth-order valence-corrected chi connectivity index (χ4v) is 4.10. The van der Waals surface area contributed by atoms with Crippen molar-refractivity contribution >= 4 is 17.3 Å². The van der Waals surface area contributed by atoms with Crippen LogP contribution in [0.25, 0.3) is 0 Å². The topological polar surface area (TPSA) is 45.0 Å². The Hall–Kier alpha value is -2.02. The molecule has 23 heavy (non-hydrogen) atoms. The molecule has 0 spiro atoms. The molecule has 3 nitrogen and oxygen atoms in total. The molecule has 0 amide bonds. The Labute approximate surface area is 140 Å². The van der Waals surface area contributed by atoms with Crippen molar-refractivity contribution in [2.24, 2.45) is 5.92 Å². The van der Waals surface area contributed by atoms with Crippen LogP contribution in [0.3, 0.4) is 0 Å². The van der Waals surface area contributed by atoms with Gasteiger partial charge in [-0.3, -0.25) is 0 Å². The van der Waals surface area contributed by atoms with Gasteiger partial charge >= 0.3 is 0 Å². The van der Waals surface area contributed by atoms with Crippen molar-refractivity contribution in [1.82, 2.24) is 0 Å². The lowest BCUT2D eigenvalue weighted by Gasteiger charge is -2.45. The molecule has 4 rings (SSSR count). The van der Waals surface area contributed by atoms with E-state index in [1.165, 1.54) is 5.56 Å². The number of nitriles is 1. The predicted octanol–water partition coefficient (Wildman–Crippen LogP) is 4.63. The highest BCUT2D eigenvalue weighted by Gasteiger charge is 2.48. The van der Waals surface area contributed by atoms with Gasteiger partial charge in [-0.15, -0.1) is 0 Å². The minimum atomic E-state index is -0.226. The maximum atomic E-state index is 9.01. The van der Waals surface area contributed by atoms with Crippen molar-refractivity contribution in [3.05, 3.63) is 64.2 Å². The molecule has 0 radical (unpaired) electrons. The molecule has 1 saturated heterocycles. The van der Waals surface area contributed by atoms with Crippen molar-refractivity contribution in [2.75, 3.05) is 11.9 Å². The first-order valence-electron chi connectivity index (χ1n) is 7.82. The number of fused-ring (bicyclic) bond motifs is 3. The van der Waals surface area contributed by atoms with Crippen LogP contribution in [0.15, 0.2) is 42.5 Å². The average Bonchev–Trinajstić information content (AvgIpc) is 3.07. The second kappa shape index (κ2) is 5.26. The molecular weight excluding hydrogens is 308 g/mol. The maximum Gasteiger partial charge on any atom is 0.0991 e. The molecule has 2 aliphatic rings. The summed E-state index contributed by atoms with van der Waals surface area (Å²) in [4.78, 5) is 0. The molecule has 0 saturated carbocycles. The van der Waals surface area contributed by atoms with Crippen LogP contribution in [0.1, 0.15) is 36.1 Å². The Morgan fingerprint density at radius 3 is 2.78 bits per heavy atom. The number of hydrogen-bond donors (Lipinski definition) is 1. The molecule has 1 N–H and O–H groups in total. The summed E-state index contributed by atoms with van der Waals surface area (Å²) >= 11 is 6.17. The third kappa shape index (κ3) is 2.22. The smallest absolute Gasteiger partial charge is 0.0991 e. The zero-order chi connectivity index (χ0) is 16.0. The quantitative estimate of drug-likeness (QED) is 0.831. The summed E-state index contributed by atoms with van der Waals surface area (Å²) in [6.07, 6.45) is 1.06. The van der Waals surface area contributed by atoms with Crippen LogP contribution in [-0.4, -0.2) is 6.61 Å². The molecular formula is C19H17ClN2O. The van der Waals surface area contributed by atoms with Gasteiger partial charge in [-0.05, 0) is 49.2 Å². The zero-order valence-corrected chi connectivity index (χ0v) is 13.6. The van der Waals surface area contributed by atoms with Gasteiger partial charge in [0.15, 0.2) is 0 Å². The fourth-order valence-electron chi connectivity index (χ4n) is 3.92. The molecule has 0 aliphatic carbocycles. The van der Waals surface area contributed by atoms with Gasteiger partial charge in [-0.1, -0.05) is 23.7 Å². The highest BCUT2D eigenvalue weighted by atomic mass is 35.5. The van der Waals surface area contributed by atoms with Gasteiger partial charge in [0.05, 0.1) is 23.3 Å². The zero-order valence-electron chi connectivity index (χ0n) is 12.8. The summed E-state index contributed by atoms with van der Waals surface area (Å²) < 4.78 is 6.05. The minimum absolute atomic E-state index is 0.0607. The Balaban J connectivity index is 1.82. The standard InChI is InChI=1S/C19H17ClN2O/c1-19(13-4-2-12(11-21)3-5-13)16-8-9-23-18(16)15-10-14(20)6-7-17(15)22-19/h2-7,10,16,18,22H,8-9H2,1H3/t16-,18-,19+/m0/s1. The molecule has 2 aromatic rings. The lowest BCUT2D eigenvalue weighted by molar-refractivity contribution is 0.0686. The van der Waals surface area contributed by atoms with Crippen LogP contribution >= 0.6 is 11.6 Å².